The molecule has 0 saturated heterocycles. The summed E-state index contributed by atoms with van der Waals surface area (Å²) in [6, 6.07) is 16.1. The number of benzene rings is 2. The fourth-order valence-electron chi connectivity index (χ4n) is 2.11. The maximum atomic E-state index is 2.38. The molecule has 0 aliphatic heterocycles. The number of rotatable bonds is 5. The van der Waals surface area contributed by atoms with Crippen molar-refractivity contribution in [2.45, 2.75) is 27.3 Å². The van der Waals surface area contributed by atoms with Crippen LogP contribution < -0.4 is 6.54 Å². The van der Waals surface area contributed by atoms with Crippen LogP contribution in [0.15, 0.2) is 42.5 Å². The minimum atomic E-state index is -0.790. The standard InChI is InChI=1S/C11H16N.C7H7.Bi/c1-4-12(3)9-11-7-5-6-10(2)8-11;1-7-5-3-2-4-6-7;/h5-6,8H,4,9H2,1-3H3;3-6H,1H3;. The number of aryl methyl sites for hydroxylation is 2. The van der Waals surface area contributed by atoms with E-state index in [1.165, 1.54) is 16.7 Å². The molecule has 0 aliphatic rings. The van der Waals surface area contributed by atoms with Crippen LogP contribution in [-0.2, 0) is 6.54 Å². The molecule has 2 rings (SSSR count). The van der Waals surface area contributed by atoms with E-state index in [-0.39, 0.29) is 0 Å². The summed E-state index contributed by atoms with van der Waals surface area (Å²) < 4.78 is 3.19. The van der Waals surface area contributed by atoms with Crippen molar-refractivity contribution < 1.29 is 0 Å². The Hall–Kier alpha value is -0.717. The summed E-state index contributed by atoms with van der Waals surface area (Å²) in [6.45, 7) is 8.74. The first-order valence-corrected chi connectivity index (χ1v) is 10.6. The van der Waals surface area contributed by atoms with E-state index in [0.29, 0.717) is 0 Å². The van der Waals surface area contributed by atoms with E-state index in [9.17, 15) is 0 Å². The zero-order valence-electron chi connectivity index (χ0n) is 12.9. The van der Waals surface area contributed by atoms with E-state index >= 15 is 0 Å². The molecule has 20 heavy (non-hydrogen) atoms. The molecule has 0 N–H and O–H groups in total. The molecule has 2 aromatic carbocycles. The minimum absolute atomic E-state index is 0.790. The molecule has 0 spiro atoms. The quantitative estimate of drug-likeness (QED) is 0.618. The fraction of sp³-hybridized carbons (Fsp3) is 0.333. The van der Waals surface area contributed by atoms with Crippen LogP contribution in [0.3, 0.4) is 0 Å². The van der Waals surface area contributed by atoms with Gasteiger partial charge in [0, 0.05) is 0 Å². The van der Waals surface area contributed by atoms with E-state index in [4.69, 9.17) is 0 Å². The van der Waals surface area contributed by atoms with Gasteiger partial charge in [-0.05, 0) is 0 Å². The average Bonchev–Trinajstić information content (AvgIpc) is 2.44. The molecule has 0 unspecified atom stereocenters. The summed E-state index contributed by atoms with van der Waals surface area (Å²) in [6.07, 6.45) is 0. The molecule has 2 heteroatoms. The van der Waals surface area contributed by atoms with Gasteiger partial charge in [-0.3, -0.25) is 0 Å². The molecule has 0 saturated carbocycles. The summed E-state index contributed by atoms with van der Waals surface area (Å²) in [5.41, 5.74) is 4.26. The van der Waals surface area contributed by atoms with Crippen LogP contribution in [0.25, 0.3) is 0 Å². The van der Waals surface area contributed by atoms with Crippen molar-refractivity contribution in [2.24, 2.45) is 0 Å². The van der Waals surface area contributed by atoms with E-state index in [1.54, 1.807) is 6.54 Å². The van der Waals surface area contributed by atoms with Gasteiger partial charge in [-0.1, -0.05) is 0 Å². The second-order valence-electron chi connectivity index (χ2n) is 5.41. The van der Waals surface area contributed by atoms with Crippen molar-refractivity contribution in [1.82, 2.24) is 4.90 Å². The monoisotopic (exact) mass is 462 g/mol. The molecule has 0 aliphatic carbocycles. The zero-order valence-corrected chi connectivity index (χ0v) is 16.3. The molecular weight excluding hydrogens is 439 g/mol. The Balaban J connectivity index is 2.23. The van der Waals surface area contributed by atoms with Crippen molar-refractivity contribution in [2.75, 3.05) is 13.6 Å². The molecule has 0 bridgehead atoms. The van der Waals surface area contributed by atoms with Crippen LogP contribution in [0, 0.1) is 13.8 Å². The third-order valence-corrected chi connectivity index (χ3v) is 8.29. The van der Waals surface area contributed by atoms with Gasteiger partial charge >= 0.3 is 135 Å². The maximum absolute atomic E-state index is 2.38. The Labute approximate surface area is 134 Å². The zero-order chi connectivity index (χ0) is 14.5. The average molecular weight is 462 g/mol. The molecular formula is C18H23BiN. The Morgan fingerprint density at radius 3 is 2.25 bits per heavy atom. The molecule has 0 aromatic heterocycles. The number of hydrogen-bond donors (Lipinski definition) is 0. The van der Waals surface area contributed by atoms with Crippen LogP contribution in [0.1, 0.15) is 23.6 Å². The summed E-state index contributed by atoms with van der Waals surface area (Å²) in [5.74, 6) is 0. The van der Waals surface area contributed by atoms with Gasteiger partial charge in [-0.25, -0.2) is 0 Å². The second-order valence-corrected chi connectivity index (χ2v) is 10.2. The van der Waals surface area contributed by atoms with Gasteiger partial charge < -0.3 is 0 Å². The van der Waals surface area contributed by atoms with Gasteiger partial charge in [-0.15, -0.1) is 0 Å². The summed E-state index contributed by atoms with van der Waals surface area (Å²) in [7, 11) is 2.20. The van der Waals surface area contributed by atoms with Gasteiger partial charge in [-0.2, -0.15) is 0 Å². The van der Waals surface area contributed by atoms with Crippen molar-refractivity contribution in [3.63, 3.8) is 0 Å². The van der Waals surface area contributed by atoms with Crippen LogP contribution >= 0.6 is 0 Å². The first-order valence-electron chi connectivity index (χ1n) is 7.15. The van der Waals surface area contributed by atoms with Gasteiger partial charge in [0.15, 0.2) is 0 Å². The Morgan fingerprint density at radius 2 is 1.60 bits per heavy atom. The van der Waals surface area contributed by atoms with E-state index in [0.717, 1.165) is 13.1 Å². The third-order valence-electron chi connectivity index (χ3n) is 3.50. The van der Waals surface area contributed by atoms with Crippen molar-refractivity contribution in [3.8, 4) is 0 Å². The van der Waals surface area contributed by atoms with E-state index in [1.807, 2.05) is 0 Å². The van der Waals surface area contributed by atoms with E-state index < -0.39 is 23.2 Å². The Kier molecular flexibility index (Phi) is 5.75. The molecule has 1 radical (unpaired) electrons. The number of nitrogens with zero attached hydrogens (tertiary/aromatic N) is 1. The molecule has 1 nitrogen and oxygen atoms in total. The predicted octanol–water partition coefficient (Wildman–Crippen LogP) is 2.41. The van der Waals surface area contributed by atoms with Gasteiger partial charge in [0.05, 0.1) is 0 Å². The Morgan fingerprint density at radius 1 is 0.950 bits per heavy atom. The second kappa shape index (κ2) is 7.34. The first kappa shape index (κ1) is 15.7. The number of hydrogen-bond acceptors (Lipinski definition) is 1. The summed E-state index contributed by atoms with van der Waals surface area (Å²) in [5, 5.41) is 0. The van der Waals surface area contributed by atoms with Crippen LogP contribution in [-0.4, -0.2) is 41.7 Å². The molecule has 0 heterocycles. The van der Waals surface area contributed by atoms with Crippen molar-refractivity contribution >= 4 is 29.8 Å². The molecule has 0 fully saturated rings. The molecule has 2 aromatic rings. The first-order chi connectivity index (χ1) is 9.58. The van der Waals surface area contributed by atoms with Gasteiger partial charge in [0.2, 0.25) is 0 Å². The van der Waals surface area contributed by atoms with Crippen LogP contribution in [0.2, 0.25) is 0 Å². The van der Waals surface area contributed by atoms with Crippen molar-refractivity contribution in [1.29, 1.82) is 0 Å². The molecule has 105 valence electrons. The SMILES string of the molecule is CCN(C)Cc1cc(C)cc[c]1[Bi][c]1ccc(C)cc1. The van der Waals surface area contributed by atoms with Crippen molar-refractivity contribution in [3.05, 3.63) is 59.2 Å². The van der Waals surface area contributed by atoms with Crippen LogP contribution in [0.5, 0.6) is 0 Å². The van der Waals surface area contributed by atoms with E-state index in [2.05, 4.69) is 75.2 Å². The summed E-state index contributed by atoms with van der Waals surface area (Å²) in [4.78, 5) is 2.38. The Bertz CT molecular complexity index is 560. The molecule has 0 amide bonds. The third kappa shape index (κ3) is 4.40. The van der Waals surface area contributed by atoms with Crippen LogP contribution in [0.4, 0.5) is 0 Å². The topological polar surface area (TPSA) is 3.24 Å². The summed E-state index contributed by atoms with van der Waals surface area (Å²) >= 11 is -0.790. The van der Waals surface area contributed by atoms with Gasteiger partial charge in [0.25, 0.3) is 0 Å². The normalized spacial score (nSPS) is 11.1. The predicted molar refractivity (Wildman–Crippen MR) is 89.4 cm³/mol. The fourth-order valence-corrected chi connectivity index (χ4v) is 6.02. The molecule has 0 atom stereocenters. The van der Waals surface area contributed by atoms with Gasteiger partial charge in [0.1, 0.15) is 0 Å².